The van der Waals surface area contributed by atoms with Gasteiger partial charge in [0.15, 0.2) is 0 Å². The lowest BCUT2D eigenvalue weighted by molar-refractivity contribution is 0.164. The molecule has 1 aromatic heterocycles. The van der Waals surface area contributed by atoms with Crippen molar-refractivity contribution in [1.82, 2.24) is 9.97 Å². The summed E-state index contributed by atoms with van der Waals surface area (Å²) in [5.74, 6) is 3.83. The Morgan fingerprint density at radius 2 is 2.00 bits per heavy atom. The summed E-state index contributed by atoms with van der Waals surface area (Å²) in [6.45, 7) is 6.73. The minimum Gasteiger partial charge on any atom is -0.384 e. The van der Waals surface area contributed by atoms with Gasteiger partial charge in [0.2, 0.25) is 0 Å². The van der Waals surface area contributed by atoms with Gasteiger partial charge in [0.25, 0.3) is 0 Å². The molecule has 2 rings (SSSR count). The number of aromatic nitrogens is 2. The summed E-state index contributed by atoms with van der Waals surface area (Å²) in [6.07, 6.45) is 2.43. The van der Waals surface area contributed by atoms with Crippen LogP contribution in [0.25, 0.3) is 0 Å². The van der Waals surface area contributed by atoms with Gasteiger partial charge in [-0.15, -0.1) is 0 Å². The monoisotopic (exact) mass is 264 g/mol. The minimum atomic E-state index is 0.465. The number of rotatable bonds is 8. The van der Waals surface area contributed by atoms with E-state index in [0.717, 1.165) is 37.2 Å². The van der Waals surface area contributed by atoms with Crippen LogP contribution < -0.4 is 10.6 Å². The molecule has 19 heavy (non-hydrogen) atoms. The number of hydrogen-bond acceptors (Lipinski definition) is 5. The van der Waals surface area contributed by atoms with Crippen LogP contribution in [0.4, 0.5) is 11.6 Å². The third kappa shape index (κ3) is 4.35. The average Bonchev–Trinajstić information content (AvgIpc) is 3.21. The number of hydrogen-bond donors (Lipinski definition) is 2. The van der Waals surface area contributed by atoms with Gasteiger partial charge in [-0.3, -0.25) is 0 Å². The predicted molar refractivity (Wildman–Crippen MR) is 77.7 cm³/mol. The van der Waals surface area contributed by atoms with Crippen LogP contribution in [0, 0.1) is 5.92 Å². The van der Waals surface area contributed by atoms with Crippen molar-refractivity contribution in [2.75, 3.05) is 37.4 Å². The molecule has 1 unspecified atom stereocenters. The lowest BCUT2D eigenvalue weighted by Crippen LogP contribution is -2.17. The lowest BCUT2D eigenvalue weighted by atomic mass is 10.2. The number of nitrogens with one attached hydrogen (secondary N) is 2. The third-order valence-corrected chi connectivity index (χ3v) is 3.13. The van der Waals surface area contributed by atoms with Gasteiger partial charge in [0.1, 0.15) is 17.5 Å². The Hall–Kier alpha value is -1.36. The SMILES string of the molecule is CCNc1cc(NCC(C)COC)nc(C2CC2)n1. The standard InChI is InChI=1S/C14H24N4O/c1-4-15-12-7-13(16-8-10(2)9-19-3)18-14(17-12)11-5-6-11/h7,10-11H,4-6,8-9H2,1-3H3,(H2,15,16,17,18). The van der Waals surface area contributed by atoms with Crippen LogP contribution in [0.15, 0.2) is 6.07 Å². The highest BCUT2D eigenvalue weighted by molar-refractivity contribution is 5.48. The fourth-order valence-electron chi connectivity index (χ4n) is 1.97. The highest BCUT2D eigenvalue weighted by atomic mass is 16.5. The number of anilines is 2. The Morgan fingerprint density at radius 1 is 1.32 bits per heavy atom. The summed E-state index contributed by atoms with van der Waals surface area (Å²) in [6, 6.07) is 1.98. The maximum atomic E-state index is 5.14. The quantitative estimate of drug-likeness (QED) is 0.755. The number of ether oxygens (including phenoxy) is 1. The largest absolute Gasteiger partial charge is 0.384 e. The zero-order valence-electron chi connectivity index (χ0n) is 12.1. The Labute approximate surface area is 115 Å². The first-order chi connectivity index (χ1) is 9.22. The zero-order valence-corrected chi connectivity index (χ0v) is 12.1. The topological polar surface area (TPSA) is 59.1 Å². The van der Waals surface area contributed by atoms with E-state index < -0.39 is 0 Å². The molecule has 5 nitrogen and oxygen atoms in total. The van der Waals surface area contributed by atoms with E-state index in [1.165, 1.54) is 12.8 Å². The van der Waals surface area contributed by atoms with Crippen molar-refractivity contribution < 1.29 is 4.74 Å². The highest BCUT2D eigenvalue weighted by Crippen LogP contribution is 2.38. The van der Waals surface area contributed by atoms with Gasteiger partial charge < -0.3 is 15.4 Å². The smallest absolute Gasteiger partial charge is 0.136 e. The average molecular weight is 264 g/mol. The molecule has 0 saturated heterocycles. The summed E-state index contributed by atoms with van der Waals surface area (Å²) in [4.78, 5) is 9.17. The van der Waals surface area contributed by atoms with Gasteiger partial charge in [0.05, 0.1) is 6.61 Å². The molecular formula is C14H24N4O. The van der Waals surface area contributed by atoms with Crippen molar-refractivity contribution in [2.45, 2.75) is 32.6 Å². The molecule has 1 aliphatic carbocycles. The molecule has 0 aromatic carbocycles. The first kappa shape index (κ1) is 14.1. The van der Waals surface area contributed by atoms with E-state index in [1.54, 1.807) is 7.11 Å². The maximum Gasteiger partial charge on any atom is 0.136 e. The van der Waals surface area contributed by atoms with E-state index in [4.69, 9.17) is 4.74 Å². The van der Waals surface area contributed by atoms with Crippen LogP contribution in [-0.2, 0) is 4.74 Å². The summed E-state index contributed by atoms with van der Waals surface area (Å²) in [7, 11) is 1.73. The minimum absolute atomic E-state index is 0.465. The first-order valence-corrected chi connectivity index (χ1v) is 7.08. The molecule has 0 radical (unpaired) electrons. The fraction of sp³-hybridized carbons (Fsp3) is 0.714. The Bertz CT molecular complexity index is 406. The van der Waals surface area contributed by atoms with E-state index in [-0.39, 0.29) is 0 Å². The van der Waals surface area contributed by atoms with Crippen molar-refractivity contribution in [2.24, 2.45) is 5.92 Å². The molecular weight excluding hydrogens is 240 g/mol. The van der Waals surface area contributed by atoms with Crippen LogP contribution >= 0.6 is 0 Å². The molecule has 0 aliphatic heterocycles. The predicted octanol–water partition coefficient (Wildman–Crippen LogP) is 2.48. The van der Waals surface area contributed by atoms with E-state index in [0.29, 0.717) is 11.8 Å². The lowest BCUT2D eigenvalue weighted by Gasteiger charge is -2.14. The molecule has 5 heteroatoms. The van der Waals surface area contributed by atoms with Crippen molar-refractivity contribution in [1.29, 1.82) is 0 Å². The summed E-state index contributed by atoms with van der Waals surface area (Å²) < 4.78 is 5.14. The van der Waals surface area contributed by atoms with E-state index in [9.17, 15) is 0 Å². The molecule has 1 atom stereocenters. The van der Waals surface area contributed by atoms with Crippen LogP contribution in [0.1, 0.15) is 38.4 Å². The zero-order chi connectivity index (χ0) is 13.7. The molecule has 2 N–H and O–H groups in total. The Balaban J connectivity index is 2.01. The molecule has 1 heterocycles. The molecule has 1 saturated carbocycles. The van der Waals surface area contributed by atoms with Crippen LogP contribution in [-0.4, -0.2) is 36.8 Å². The van der Waals surface area contributed by atoms with Gasteiger partial charge in [-0.25, -0.2) is 9.97 Å². The summed E-state index contributed by atoms with van der Waals surface area (Å²) in [5.41, 5.74) is 0. The highest BCUT2D eigenvalue weighted by Gasteiger charge is 2.27. The molecule has 106 valence electrons. The number of nitrogens with zero attached hydrogens (tertiary/aromatic N) is 2. The first-order valence-electron chi connectivity index (χ1n) is 7.08. The van der Waals surface area contributed by atoms with Crippen LogP contribution in [0.5, 0.6) is 0 Å². The van der Waals surface area contributed by atoms with E-state index in [2.05, 4.69) is 34.4 Å². The molecule has 1 aliphatic rings. The van der Waals surface area contributed by atoms with Gasteiger partial charge >= 0.3 is 0 Å². The maximum absolute atomic E-state index is 5.14. The van der Waals surface area contributed by atoms with Crippen LogP contribution in [0.3, 0.4) is 0 Å². The van der Waals surface area contributed by atoms with Gasteiger partial charge in [-0.2, -0.15) is 0 Å². The molecule has 0 bridgehead atoms. The summed E-state index contributed by atoms with van der Waals surface area (Å²) in [5, 5.41) is 6.65. The molecule has 1 aromatic rings. The second-order valence-corrected chi connectivity index (χ2v) is 5.24. The van der Waals surface area contributed by atoms with Gasteiger partial charge in [-0.05, 0) is 25.7 Å². The fourth-order valence-corrected chi connectivity index (χ4v) is 1.97. The van der Waals surface area contributed by atoms with Gasteiger partial charge in [0, 0.05) is 32.2 Å². The van der Waals surface area contributed by atoms with Crippen LogP contribution in [0.2, 0.25) is 0 Å². The number of methoxy groups -OCH3 is 1. The molecule has 0 spiro atoms. The Morgan fingerprint density at radius 3 is 2.58 bits per heavy atom. The second-order valence-electron chi connectivity index (χ2n) is 5.24. The van der Waals surface area contributed by atoms with E-state index >= 15 is 0 Å². The normalized spacial score (nSPS) is 16.2. The molecule has 1 fully saturated rings. The Kier molecular flexibility index (Phi) is 4.96. The van der Waals surface area contributed by atoms with Crippen molar-refractivity contribution >= 4 is 11.6 Å². The second kappa shape index (κ2) is 6.70. The van der Waals surface area contributed by atoms with Gasteiger partial charge in [-0.1, -0.05) is 6.92 Å². The van der Waals surface area contributed by atoms with E-state index in [1.807, 2.05) is 6.07 Å². The molecule has 0 amide bonds. The van der Waals surface area contributed by atoms with Crippen molar-refractivity contribution in [3.63, 3.8) is 0 Å². The summed E-state index contributed by atoms with van der Waals surface area (Å²) >= 11 is 0. The third-order valence-electron chi connectivity index (χ3n) is 3.13. The van der Waals surface area contributed by atoms with Crippen molar-refractivity contribution in [3.05, 3.63) is 11.9 Å². The van der Waals surface area contributed by atoms with Crippen molar-refractivity contribution in [3.8, 4) is 0 Å².